The fraction of sp³-hybridized carbons (Fsp3) is 0. The Morgan fingerprint density at radius 2 is 1.82 bits per heavy atom. The van der Waals surface area contributed by atoms with Crippen LogP contribution < -0.4 is 11.1 Å². The monoisotopic (exact) mass is 406 g/mol. The highest BCUT2D eigenvalue weighted by molar-refractivity contribution is 14.1. The van der Waals surface area contributed by atoms with Crippen LogP contribution in [-0.4, -0.2) is 0 Å². The summed E-state index contributed by atoms with van der Waals surface area (Å²) in [4.78, 5) is 0. The first-order valence-corrected chi connectivity index (χ1v) is 6.70. The molecular formula is C12H9BrFIN2. The molecule has 0 fully saturated rings. The molecule has 0 aliphatic heterocycles. The van der Waals surface area contributed by atoms with Gasteiger partial charge in [0.05, 0.1) is 11.4 Å². The lowest BCUT2D eigenvalue weighted by Crippen LogP contribution is -1.95. The predicted molar refractivity (Wildman–Crippen MR) is 81.0 cm³/mol. The average Bonchev–Trinajstić information content (AvgIpc) is 2.25. The summed E-state index contributed by atoms with van der Waals surface area (Å²) in [6, 6.07) is 10.1. The van der Waals surface area contributed by atoms with E-state index in [1.807, 2.05) is 18.2 Å². The lowest BCUT2D eigenvalue weighted by Gasteiger charge is -2.10. The van der Waals surface area contributed by atoms with Crippen LogP contribution in [0.25, 0.3) is 0 Å². The molecule has 3 N–H and O–H groups in total. The van der Waals surface area contributed by atoms with Gasteiger partial charge in [-0.25, -0.2) is 4.39 Å². The van der Waals surface area contributed by atoms with E-state index in [2.05, 4.69) is 43.8 Å². The molecule has 0 heterocycles. The number of hydrogen-bond donors (Lipinski definition) is 2. The maximum Gasteiger partial charge on any atom is 0.124 e. The van der Waals surface area contributed by atoms with E-state index < -0.39 is 0 Å². The molecule has 0 aliphatic carbocycles. The molecule has 88 valence electrons. The van der Waals surface area contributed by atoms with Gasteiger partial charge in [-0.15, -0.1) is 0 Å². The molecule has 0 bridgehead atoms. The van der Waals surface area contributed by atoms with Crippen molar-refractivity contribution in [3.05, 3.63) is 50.3 Å². The number of nitrogen functional groups attached to an aromatic ring is 1. The van der Waals surface area contributed by atoms with E-state index >= 15 is 0 Å². The van der Waals surface area contributed by atoms with Crippen molar-refractivity contribution in [2.24, 2.45) is 0 Å². The Balaban J connectivity index is 2.31. The van der Waals surface area contributed by atoms with Gasteiger partial charge >= 0.3 is 0 Å². The van der Waals surface area contributed by atoms with Gasteiger partial charge in [-0.2, -0.15) is 0 Å². The van der Waals surface area contributed by atoms with Crippen LogP contribution in [0.2, 0.25) is 0 Å². The highest BCUT2D eigenvalue weighted by atomic mass is 127. The minimum absolute atomic E-state index is 0.269. The Bertz CT molecular complexity index is 511. The molecule has 2 nitrogen and oxygen atoms in total. The van der Waals surface area contributed by atoms with Crippen molar-refractivity contribution < 1.29 is 4.39 Å². The van der Waals surface area contributed by atoms with Gasteiger partial charge < -0.3 is 11.1 Å². The Labute approximate surface area is 121 Å². The van der Waals surface area contributed by atoms with Gasteiger partial charge in [-0.05, 0) is 74.9 Å². The van der Waals surface area contributed by atoms with E-state index in [4.69, 9.17) is 5.73 Å². The summed E-state index contributed by atoms with van der Waals surface area (Å²) in [5.74, 6) is -0.269. The molecule has 0 saturated heterocycles. The van der Waals surface area contributed by atoms with Gasteiger partial charge in [-0.3, -0.25) is 0 Å². The van der Waals surface area contributed by atoms with E-state index in [9.17, 15) is 4.39 Å². The van der Waals surface area contributed by atoms with Crippen LogP contribution in [0, 0.1) is 9.39 Å². The molecule has 0 aromatic heterocycles. The maximum absolute atomic E-state index is 12.9. The molecule has 2 rings (SSSR count). The van der Waals surface area contributed by atoms with Gasteiger partial charge in [0, 0.05) is 13.7 Å². The first kappa shape index (κ1) is 12.6. The van der Waals surface area contributed by atoms with E-state index in [-0.39, 0.29) is 5.82 Å². The first-order valence-electron chi connectivity index (χ1n) is 4.83. The second-order valence-electron chi connectivity index (χ2n) is 3.49. The molecule has 0 radical (unpaired) electrons. The quantitative estimate of drug-likeness (QED) is 0.568. The zero-order valence-corrected chi connectivity index (χ0v) is 12.4. The van der Waals surface area contributed by atoms with E-state index in [1.165, 1.54) is 12.1 Å². The number of nitrogens with one attached hydrogen (secondary N) is 1. The SMILES string of the molecule is Nc1ccc(Nc2ccc(F)cc2Br)c(I)c1. The highest BCUT2D eigenvalue weighted by Crippen LogP contribution is 2.29. The molecule has 17 heavy (non-hydrogen) atoms. The van der Waals surface area contributed by atoms with Crippen LogP contribution in [-0.2, 0) is 0 Å². The van der Waals surface area contributed by atoms with Crippen molar-refractivity contribution in [3.63, 3.8) is 0 Å². The molecular weight excluding hydrogens is 398 g/mol. The molecule has 0 saturated carbocycles. The summed E-state index contributed by atoms with van der Waals surface area (Å²) in [5, 5.41) is 3.22. The largest absolute Gasteiger partial charge is 0.399 e. The normalized spacial score (nSPS) is 10.3. The summed E-state index contributed by atoms with van der Waals surface area (Å²) in [6.07, 6.45) is 0. The topological polar surface area (TPSA) is 38.0 Å². The van der Waals surface area contributed by atoms with Gasteiger partial charge in [0.1, 0.15) is 5.82 Å². The van der Waals surface area contributed by atoms with Crippen molar-refractivity contribution in [1.29, 1.82) is 0 Å². The zero-order valence-electron chi connectivity index (χ0n) is 8.68. The van der Waals surface area contributed by atoms with Gasteiger partial charge in [0.15, 0.2) is 0 Å². The predicted octanol–water partition coefficient (Wildman–Crippen LogP) is 4.52. The fourth-order valence-corrected chi connectivity index (χ4v) is 2.49. The lowest BCUT2D eigenvalue weighted by molar-refractivity contribution is 0.627. The molecule has 0 aliphatic rings. The smallest absolute Gasteiger partial charge is 0.124 e. The average molecular weight is 407 g/mol. The van der Waals surface area contributed by atoms with Gasteiger partial charge in [-0.1, -0.05) is 0 Å². The van der Waals surface area contributed by atoms with Crippen molar-refractivity contribution in [2.45, 2.75) is 0 Å². The van der Waals surface area contributed by atoms with Gasteiger partial charge in [0.2, 0.25) is 0 Å². The molecule has 0 unspecified atom stereocenters. The lowest BCUT2D eigenvalue weighted by atomic mass is 10.2. The zero-order chi connectivity index (χ0) is 12.4. The van der Waals surface area contributed by atoms with Crippen LogP contribution in [0.4, 0.5) is 21.5 Å². The summed E-state index contributed by atoms with van der Waals surface area (Å²) < 4.78 is 14.6. The van der Waals surface area contributed by atoms with Crippen molar-refractivity contribution in [2.75, 3.05) is 11.1 Å². The minimum Gasteiger partial charge on any atom is -0.399 e. The first-order chi connectivity index (χ1) is 8.06. The standard InChI is InChI=1S/C12H9BrFIN2/c13-9-5-7(14)1-3-11(9)17-12-4-2-8(16)6-10(12)15/h1-6,17H,16H2. The minimum atomic E-state index is -0.269. The molecule has 0 spiro atoms. The number of nitrogens with two attached hydrogens (primary N) is 1. The van der Waals surface area contributed by atoms with Crippen LogP contribution >= 0.6 is 38.5 Å². The number of anilines is 3. The Kier molecular flexibility index (Phi) is 3.88. The molecule has 0 amide bonds. The third kappa shape index (κ3) is 3.10. The summed E-state index contributed by atoms with van der Waals surface area (Å²) in [5.41, 5.74) is 8.15. The third-order valence-electron chi connectivity index (χ3n) is 2.19. The van der Waals surface area contributed by atoms with E-state index in [0.717, 1.165) is 20.6 Å². The number of benzene rings is 2. The van der Waals surface area contributed by atoms with E-state index in [0.29, 0.717) is 4.47 Å². The van der Waals surface area contributed by atoms with Crippen molar-refractivity contribution in [3.8, 4) is 0 Å². The molecule has 2 aromatic carbocycles. The number of hydrogen-bond acceptors (Lipinski definition) is 2. The van der Waals surface area contributed by atoms with Crippen molar-refractivity contribution >= 4 is 55.6 Å². The second kappa shape index (κ2) is 5.22. The van der Waals surface area contributed by atoms with Crippen LogP contribution in [0.1, 0.15) is 0 Å². The second-order valence-corrected chi connectivity index (χ2v) is 5.50. The summed E-state index contributed by atoms with van der Waals surface area (Å²) in [7, 11) is 0. The van der Waals surface area contributed by atoms with Crippen LogP contribution in [0.15, 0.2) is 40.9 Å². The summed E-state index contributed by atoms with van der Waals surface area (Å²) in [6.45, 7) is 0. The Morgan fingerprint density at radius 3 is 2.47 bits per heavy atom. The van der Waals surface area contributed by atoms with Crippen molar-refractivity contribution in [1.82, 2.24) is 0 Å². The molecule has 0 atom stereocenters. The van der Waals surface area contributed by atoms with Crippen LogP contribution in [0.5, 0.6) is 0 Å². The molecule has 2 aromatic rings. The molecule has 5 heteroatoms. The number of rotatable bonds is 2. The third-order valence-corrected chi connectivity index (χ3v) is 3.74. The fourth-order valence-electron chi connectivity index (χ4n) is 1.37. The van der Waals surface area contributed by atoms with Crippen LogP contribution in [0.3, 0.4) is 0 Å². The maximum atomic E-state index is 12.9. The van der Waals surface area contributed by atoms with E-state index in [1.54, 1.807) is 6.07 Å². The highest BCUT2D eigenvalue weighted by Gasteiger charge is 2.04. The Morgan fingerprint density at radius 1 is 1.12 bits per heavy atom. The Hall–Kier alpha value is -0.820. The number of halogens is 3. The summed E-state index contributed by atoms with van der Waals surface area (Å²) >= 11 is 5.51. The van der Waals surface area contributed by atoms with Gasteiger partial charge in [0.25, 0.3) is 0 Å².